The lowest BCUT2D eigenvalue weighted by Crippen LogP contribution is -2.32. The predicted molar refractivity (Wildman–Crippen MR) is 144 cm³/mol. The van der Waals surface area contributed by atoms with E-state index in [0.29, 0.717) is 39.6 Å². The van der Waals surface area contributed by atoms with E-state index in [1.807, 2.05) is 43.3 Å². The zero-order valence-corrected chi connectivity index (χ0v) is 20.6. The van der Waals surface area contributed by atoms with Crippen molar-refractivity contribution in [2.24, 2.45) is 0 Å². The van der Waals surface area contributed by atoms with Crippen LogP contribution in [0.3, 0.4) is 0 Å². The first-order valence-electron chi connectivity index (χ1n) is 11.9. The normalized spacial score (nSPS) is 14.3. The molecule has 3 aromatic carbocycles. The van der Waals surface area contributed by atoms with Gasteiger partial charge in [0.15, 0.2) is 0 Å². The second-order valence-electron chi connectivity index (χ2n) is 8.91. The fourth-order valence-corrected chi connectivity index (χ4v) is 4.44. The monoisotopic (exact) mass is 508 g/mol. The SMILES string of the molecule is CC1=C(C(=O)Nc2ccccc2)[C@H](c2ccc([N+](=O)[O-])cc2)n2ncc(C(=O)Nc3cccc(C)c3)c2N1. The highest BCUT2D eigenvalue weighted by Crippen LogP contribution is 2.38. The zero-order valence-electron chi connectivity index (χ0n) is 20.6. The number of para-hydroxylation sites is 1. The van der Waals surface area contributed by atoms with E-state index in [1.54, 1.807) is 41.9 Å². The minimum atomic E-state index is -0.740. The topological polar surface area (TPSA) is 131 Å². The molecule has 5 rings (SSSR count). The Hall–Kier alpha value is -5.25. The quantitative estimate of drug-likeness (QED) is 0.240. The Bertz CT molecular complexity index is 1570. The first-order valence-corrected chi connectivity index (χ1v) is 11.9. The maximum Gasteiger partial charge on any atom is 0.269 e. The number of nitro groups is 1. The number of nitro benzene ring substituents is 1. The average molecular weight is 509 g/mol. The van der Waals surface area contributed by atoms with Crippen molar-refractivity contribution in [2.45, 2.75) is 19.9 Å². The molecule has 0 saturated heterocycles. The van der Waals surface area contributed by atoms with Crippen molar-refractivity contribution < 1.29 is 14.5 Å². The number of hydrogen-bond donors (Lipinski definition) is 3. The van der Waals surface area contributed by atoms with E-state index in [-0.39, 0.29) is 17.5 Å². The van der Waals surface area contributed by atoms with Crippen LogP contribution in [0, 0.1) is 17.0 Å². The molecule has 0 fully saturated rings. The molecule has 4 aromatic rings. The third-order valence-corrected chi connectivity index (χ3v) is 6.24. The van der Waals surface area contributed by atoms with Gasteiger partial charge in [0.25, 0.3) is 17.5 Å². The Labute approximate surface area is 218 Å². The van der Waals surface area contributed by atoms with Crippen LogP contribution in [0.25, 0.3) is 0 Å². The van der Waals surface area contributed by atoms with Gasteiger partial charge in [-0.3, -0.25) is 19.7 Å². The Kier molecular flexibility index (Phi) is 6.44. The molecule has 1 aromatic heterocycles. The molecular formula is C28H24N6O4. The molecule has 190 valence electrons. The van der Waals surface area contributed by atoms with Gasteiger partial charge >= 0.3 is 0 Å². The van der Waals surface area contributed by atoms with E-state index in [9.17, 15) is 19.7 Å². The number of allylic oxidation sites excluding steroid dienone is 1. The predicted octanol–water partition coefficient (Wildman–Crippen LogP) is 5.28. The number of hydrogen-bond acceptors (Lipinski definition) is 6. The molecule has 1 atom stereocenters. The number of carbonyl (C=O) groups is 2. The van der Waals surface area contributed by atoms with E-state index >= 15 is 0 Å². The number of aromatic nitrogens is 2. The Morgan fingerprint density at radius 3 is 2.29 bits per heavy atom. The summed E-state index contributed by atoms with van der Waals surface area (Å²) in [7, 11) is 0. The number of benzene rings is 3. The minimum Gasteiger partial charge on any atom is -0.343 e. The zero-order chi connectivity index (χ0) is 26.8. The second-order valence-corrected chi connectivity index (χ2v) is 8.91. The van der Waals surface area contributed by atoms with Gasteiger partial charge in [-0.2, -0.15) is 5.10 Å². The van der Waals surface area contributed by atoms with Crippen LogP contribution in [0.2, 0.25) is 0 Å². The molecule has 0 bridgehead atoms. The summed E-state index contributed by atoms with van der Waals surface area (Å²) in [5.41, 5.74) is 3.98. The van der Waals surface area contributed by atoms with Gasteiger partial charge in [0.05, 0.1) is 16.7 Å². The molecule has 0 aliphatic carbocycles. The van der Waals surface area contributed by atoms with Crippen molar-refractivity contribution in [1.82, 2.24) is 9.78 Å². The summed E-state index contributed by atoms with van der Waals surface area (Å²) < 4.78 is 1.55. The van der Waals surface area contributed by atoms with E-state index in [0.717, 1.165) is 5.56 Å². The Morgan fingerprint density at radius 1 is 0.921 bits per heavy atom. The maximum atomic E-state index is 13.5. The molecule has 1 aliphatic heterocycles. The van der Waals surface area contributed by atoms with Gasteiger partial charge in [0.1, 0.15) is 17.4 Å². The summed E-state index contributed by atoms with van der Waals surface area (Å²) in [5, 5.41) is 24.7. The van der Waals surface area contributed by atoms with Gasteiger partial charge in [-0.05, 0) is 61.4 Å². The van der Waals surface area contributed by atoms with Crippen LogP contribution < -0.4 is 16.0 Å². The van der Waals surface area contributed by atoms with Crippen LogP contribution >= 0.6 is 0 Å². The number of fused-ring (bicyclic) bond motifs is 1. The number of anilines is 3. The fourth-order valence-electron chi connectivity index (χ4n) is 4.44. The molecule has 10 nitrogen and oxygen atoms in total. The standard InChI is InChI=1S/C28H24N6O4/c1-17-7-6-10-21(15-17)32-27(35)23-16-29-33-25(19-11-13-22(14-12-19)34(37)38)24(18(2)30-26(23)33)28(36)31-20-8-4-3-5-9-20/h3-16,25,30H,1-2H3,(H,31,36)(H,32,35)/t25-/m0/s1. The smallest absolute Gasteiger partial charge is 0.269 e. The van der Waals surface area contributed by atoms with Crippen LogP contribution in [0.1, 0.15) is 34.5 Å². The third kappa shape index (κ3) is 4.74. The molecule has 2 amide bonds. The lowest BCUT2D eigenvalue weighted by atomic mass is 9.94. The van der Waals surface area contributed by atoms with E-state index in [4.69, 9.17) is 0 Å². The molecule has 3 N–H and O–H groups in total. The average Bonchev–Trinajstić information content (AvgIpc) is 3.32. The number of amides is 2. The molecule has 0 radical (unpaired) electrons. The summed E-state index contributed by atoms with van der Waals surface area (Å²) in [4.78, 5) is 37.5. The van der Waals surface area contributed by atoms with Crippen molar-refractivity contribution in [3.05, 3.63) is 123 Å². The first-order chi connectivity index (χ1) is 18.3. The van der Waals surface area contributed by atoms with Crippen molar-refractivity contribution in [3.8, 4) is 0 Å². The van der Waals surface area contributed by atoms with Crippen molar-refractivity contribution in [1.29, 1.82) is 0 Å². The number of non-ortho nitro benzene ring substituents is 1. The van der Waals surface area contributed by atoms with Crippen molar-refractivity contribution >= 4 is 34.7 Å². The summed E-state index contributed by atoms with van der Waals surface area (Å²) in [5.74, 6) is -0.319. The summed E-state index contributed by atoms with van der Waals surface area (Å²) >= 11 is 0. The highest BCUT2D eigenvalue weighted by Gasteiger charge is 2.35. The highest BCUT2D eigenvalue weighted by molar-refractivity contribution is 6.09. The van der Waals surface area contributed by atoms with E-state index in [2.05, 4.69) is 21.0 Å². The molecule has 2 heterocycles. The molecule has 1 aliphatic rings. The van der Waals surface area contributed by atoms with Gasteiger partial charge in [-0.15, -0.1) is 0 Å². The third-order valence-electron chi connectivity index (χ3n) is 6.24. The van der Waals surface area contributed by atoms with Gasteiger partial charge in [0, 0.05) is 29.2 Å². The van der Waals surface area contributed by atoms with Crippen LogP contribution in [-0.2, 0) is 4.79 Å². The van der Waals surface area contributed by atoms with Crippen LogP contribution in [-0.4, -0.2) is 26.5 Å². The van der Waals surface area contributed by atoms with E-state index < -0.39 is 11.0 Å². The van der Waals surface area contributed by atoms with Gasteiger partial charge in [-0.25, -0.2) is 4.68 Å². The lowest BCUT2D eigenvalue weighted by molar-refractivity contribution is -0.384. The van der Waals surface area contributed by atoms with Gasteiger partial charge in [0.2, 0.25) is 0 Å². The number of nitrogens with one attached hydrogen (secondary N) is 3. The second kappa shape index (κ2) is 10.0. The Morgan fingerprint density at radius 2 is 1.61 bits per heavy atom. The summed E-state index contributed by atoms with van der Waals surface area (Å²) in [6.07, 6.45) is 1.44. The molecular weight excluding hydrogens is 484 g/mol. The van der Waals surface area contributed by atoms with Crippen LogP contribution in [0.4, 0.5) is 22.9 Å². The number of aryl methyl sites for hydroxylation is 1. The molecule has 0 saturated carbocycles. The lowest BCUT2D eigenvalue weighted by Gasteiger charge is -2.30. The molecule has 38 heavy (non-hydrogen) atoms. The largest absolute Gasteiger partial charge is 0.343 e. The van der Waals surface area contributed by atoms with Crippen LogP contribution in [0.5, 0.6) is 0 Å². The summed E-state index contributed by atoms with van der Waals surface area (Å²) in [6.45, 7) is 3.68. The number of nitrogens with zero attached hydrogens (tertiary/aromatic N) is 3. The highest BCUT2D eigenvalue weighted by atomic mass is 16.6. The Balaban J connectivity index is 1.55. The van der Waals surface area contributed by atoms with Crippen molar-refractivity contribution in [2.75, 3.05) is 16.0 Å². The van der Waals surface area contributed by atoms with Gasteiger partial charge in [-0.1, -0.05) is 30.3 Å². The molecule has 0 spiro atoms. The fraction of sp³-hybridized carbons (Fsp3) is 0.107. The van der Waals surface area contributed by atoms with Gasteiger partial charge < -0.3 is 16.0 Å². The maximum absolute atomic E-state index is 13.5. The molecule has 10 heteroatoms. The number of rotatable bonds is 6. The minimum absolute atomic E-state index is 0.0717. The molecule has 0 unspecified atom stereocenters. The number of carbonyl (C=O) groups excluding carboxylic acids is 2. The van der Waals surface area contributed by atoms with Crippen LogP contribution in [0.15, 0.2) is 96.3 Å². The van der Waals surface area contributed by atoms with E-state index in [1.165, 1.54) is 18.3 Å². The summed E-state index contributed by atoms with van der Waals surface area (Å²) in [6, 6.07) is 21.7. The first kappa shape index (κ1) is 24.4. The van der Waals surface area contributed by atoms with Crippen molar-refractivity contribution in [3.63, 3.8) is 0 Å².